The van der Waals surface area contributed by atoms with Gasteiger partial charge in [-0.05, 0) is 35.7 Å². The van der Waals surface area contributed by atoms with Crippen molar-refractivity contribution >= 4 is 23.2 Å². The van der Waals surface area contributed by atoms with E-state index in [1.54, 1.807) is 12.4 Å². The second-order valence-electron chi connectivity index (χ2n) is 3.83. The number of rotatable bonds is 3. The van der Waals surface area contributed by atoms with Crippen LogP contribution in [0.25, 0.3) is 0 Å². The third kappa shape index (κ3) is 3.19. The Labute approximate surface area is 110 Å². The summed E-state index contributed by atoms with van der Waals surface area (Å²) in [6, 6.07) is 9.34. The fraction of sp³-hybridized carbons (Fsp3) is 0.154. The van der Waals surface area contributed by atoms with Crippen LogP contribution in [-0.2, 0) is 6.42 Å². The maximum atomic E-state index is 6.12. The summed E-state index contributed by atoms with van der Waals surface area (Å²) in [5, 5.41) is 1.36. The van der Waals surface area contributed by atoms with Crippen LogP contribution in [0.1, 0.15) is 17.2 Å². The zero-order valence-electron chi connectivity index (χ0n) is 9.11. The molecular formula is C13H12Cl2N2. The number of pyridine rings is 1. The largest absolute Gasteiger partial charge is 0.324 e. The highest BCUT2D eigenvalue weighted by Crippen LogP contribution is 2.22. The third-order valence-electron chi connectivity index (χ3n) is 2.59. The van der Waals surface area contributed by atoms with E-state index in [-0.39, 0.29) is 6.04 Å². The van der Waals surface area contributed by atoms with Gasteiger partial charge in [-0.2, -0.15) is 0 Å². The minimum atomic E-state index is -0.0906. The first-order valence-electron chi connectivity index (χ1n) is 5.26. The number of hydrogen-bond donors (Lipinski definition) is 1. The van der Waals surface area contributed by atoms with Crippen molar-refractivity contribution in [3.05, 3.63) is 63.9 Å². The maximum Gasteiger partial charge on any atom is 0.0622 e. The summed E-state index contributed by atoms with van der Waals surface area (Å²) in [5.41, 5.74) is 8.17. The van der Waals surface area contributed by atoms with Crippen molar-refractivity contribution in [1.82, 2.24) is 4.98 Å². The van der Waals surface area contributed by atoms with Crippen LogP contribution in [0.2, 0.25) is 10.0 Å². The molecule has 17 heavy (non-hydrogen) atoms. The molecule has 0 aliphatic carbocycles. The van der Waals surface area contributed by atoms with Gasteiger partial charge >= 0.3 is 0 Å². The summed E-state index contributed by atoms with van der Waals surface area (Å²) in [5.74, 6) is 0. The van der Waals surface area contributed by atoms with Crippen molar-refractivity contribution in [3.8, 4) is 0 Å². The molecule has 1 aromatic carbocycles. The van der Waals surface area contributed by atoms with E-state index >= 15 is 0 Å². The van der Waals surface area contributed by atoms with Gasteiger partial charge < -0.3 is 5.73 Å². The molecule has 2 aromatic rings. The third-order valence-corrected chi connectivity index (χ3v) is 3.19. The van der Waals surface area contributed by atoms with Gasteiger partial charge in [0.15, 0.2) is 0 Å². The molecule has 2 rings (SSSR count). The first kappa shape index (κ1) is 12.4. The van der Waals surface area contributed by atoms with Gasteiger partial charge in [0.1, 0.15) is 0 Å². The molecule has 4 heteroatoms. The van der Waals surface area contributed by atoms with E-state index in [9.17, 15) is 0 Å². The van der Waals surface area contributed by atoms with Crippen LogP contribution in [0.15, 0.2) is 42.7 Å². The van der Waals surface area contributed by atoms with Gasteiger partial charge in [-0.25, -0.2) is 0 Å². The molecule has 0 amide bonds. The lowest BCUT2D eigenvalue weighted by molar-refractivity contribution is 0.721. The van der Waals surface area contributed by atoms with Gasteiger partial charge in [0, 0.05) is 23.5 Å². The number of nitrogens with two attached hydrogens (primary N) is 1. The fourth-order valence-electron chi connectivity index (χ4n) is 1.63. The number of benzene rings is 1. The molecule has 1 aromatic heterocycles. The van der Waals surface area contributed by atoms with E-state index in [4.69, 9.17) is 28.9 Å². The molecule has 0 radical (unpaired) electrons. The lowest BCUT2D eigenvalue weighted by Crippen LogP contribution is -2.13. The van der Waals surface area contributed by atoms with Crippen molar-refractivity contribution in [2.24, 2.45) is 5.73 Å². The normalized spacial score (nSPS) is 12.4. The molecule has 0 fully saturated rings. The van der Waals surface area contributed by atoms with Crippen LogP contribution in [-0.4, -0.2) is 4.98 Å². The highest BCUT2D eigenvalue weighted by molar-refractivity contribution is 6.31. The zero-order chi connectivity index (χ0) is 12.3. The highest BCUT2D eigenvalue weighted by Gasteiger charge is 2.09. The van der Waals surface area contributed by atoms with Gasteiger partial charge in [0.25, 0.3) is 0 Å². The maximum absolute atomic E-state index is 6.12. The van der Waals surface area contributed by atoms with E-state index in [1.165, 1.54) is 0 Å². The van der Waals surface area contributed by atoms with Gasteiger partial charge in [-0.15, -0.1) is 0 Å². The Morgan fingerprint density at radius 2 is 1.82 bits per heavy atom. The predicted molar refractivity (Wildman–Crippen MR) is 71.3 cm³/mol. The molecule has 0 saturated carbocycles. The van der Waals surface area contributed by atoms with E-state index in [0.29, 0.717) is 16.5 Å². The van der Waals surface area contributed by atoms with Crippen molar-refractivity contribution in [2.75, 3.05) is 0 Å². The molecule has 0 bridgehead atoms. The van der Waals surface area contributed by atoms with Crippen molar-refractivity contribution in [2.45, 2.75) is 12.5 Å². The van der Waals surface area contributed by atoms with E-state index in [0.717, 1.165) is 11.1 Å². The Kier molecular flexibility index (Phi) is 4.00. The lowest BCUT2D eigenvalue weighted by Gasteiger charge is -2.13. The summed E-state index contributed by atoms with van der Waals surface area (Å²) in [7, 11) is 0. The Hall–Kier alpha value is -1.09. The molecule has 88 valence electrons. The van der Waals surface area contributed by atoms with Crippen LogP contribution in [0.4, 0.5) is 0 Å². The van der Waals surface area contributed by atoms with Crippen LogP contribution < -0.4 is 5.73 Å². The second kappa shape index (κ2) is 5.50. The number of nitrogens with zero attached hydrogens (tertiary/aromatic N) is 1. The molecule has 2 N–H and O–H groups in total. The summed E-state index contributed by atoms with van der Waals surface area (Å²) >= 11 is 11.9. The average Bonchev–Trinajstić information content (AvgIpc) is 2.33. The lowest BCUT2D eigenvalue weighted by atomic mass is 10.0. The van der Waals surface area contributed by atoms with E-state index in [1.807, 2.05) is 30.3 Å². The van der Waals surface area contributed by atoms with Gasteiger partial charge in [0.05, 0.1) is 5.02 Å². The monoisotopic (exact) mass is 266 g/mol. The van der Waals surface area contributed by atoms with Crippen molar-refractivity contribution in [1.29, 1.82) is 0 Å². The van der Waals surface area contributed by atoms with Crippen LogP contribution in [0, 0.1) is 0 Å². The van der Waals surface area contributed by atoms with Gasteiger partial charge in [0.2, 0.25) is 0 Å². The number of halogens is 2. The summed E-state index contributed by atoms with van der Waals surface area (Å²) in [6.45, 7) is 0. The molecule has 0 aliphatic heterocycles. The second-order valence-corrected chi connectivity index (χ2v) is 4.67. The van der Waals surface area contributed by atoms with Crippen molar-refractivity contribution in [3.63, 3.8) is 0 Å². The molecule has 1 unspecified atom stereocenters. The average molecular weight is 267 g/mol. The first-order valence-corrected chi connectivity index (χ1v) is 6.02. The summed E-state index contributed by atoms with van der Waals surface area (Å²) < 4.78 is 0. The Bertz CT molecular complexity index is 497. The first-order chi connectivity index (χ1) is 8.16. The van der Waals surface area contributed by atoms with Gasteiger partial charge in [-0.1, -0.05) is 35.3 Å². The Morgan fingerprint density at radius 3 is 2.47 bits per heavy atom. The topological polar surface area (TPSA) is 38.9 Å². The van der Waals surface area contributed by atoms with E-state index in [2.05, 4.69) is 4.98 Å². The fourth-order valence-corrected chi connectivity index (χ4v) is 1.96. The Morgan fingerprint density at radius 1 is 1.12 bits per heavy atom. The standard InChI is InChI=1S/C13H12Cl2N2/c14-11-3-1-9(2-4-11)13(16)7-10-5-6-17-8-12(10)15/h1-6,8,13H,7,16H2. The quantitative estimate of drug-likeness (QED) is 0.922. The molecular weight excluding hydrogens is 255 g/mol. The zero-order valence-corrected chi connectivity index (χ0v) is 10.6. The highest BCUT2D eigenvalue weighted by atomic mass is 35.5. The molecule has 2 nitrogen and oxygen atoms in total. The number of hydrogen-bond acceptors (Lipinski definition) is 2. The van der Waals surface area contributed by atoms with Crippen LogP contribution in [0.5, 0.6) is 0 Å². The number of aromatic nitrogens is 1. The molecule has 0 saturated heterocycles. The van der Waals surface area contributed by atoms with Gasteiger partial charge in [-0.3, -0.25) is 4.98 Å². The minimum Gasteiger partial charge on any atom is -0.324 e. The molecule has 0 spiro atoms. The van der Waals surface area contributed by atoms with Crippen molar-refractivity contribution < 1.29 is 0 Å². The molecule has 0 aliphatic rings. The van der Waals surface area contributed by atoms with Crippen LogP contribution in [0.3, 0.4) is 0 Å². The summed E-state index contributed by atoms with van der Waals surface area (Å²) in [4.78, 5) is 3.95. The van der Waals surface area contributed by atoms with E-state index < -0.39 is 0 Å². The SMILES string of the molecule is NC(Cc1ccncc1Cl)c1ccc(Cl)cc1. The van der Waals surface area contributed by atoms with Crippen LogP contribution >= 0.6 is 23.2 Å². The smallest absolute Gasteiger partial charge is 0.0622 e. The molecule has 1 heterocycles. The summed E-state index contributed by atoms with van der Waals surface area (Å²) in [6.07, 6.45) is 4.03. The minimum absolute atomic E-state index is 0.0906. The molecule has 1 atom stereocenters. The predicted octanol–water partition coefficient (Wildman–Crippen LogP) is 3.63. The Balaban J connectivity index is 2.14.